The number of rotatable bonds is 1. The molecule has 0 atom stereocenters. The Morgan fingerprint density at radius 3 is 2.70 bits per heavy atom. The molecule has 0 aliphatic rings. The van der Waals surface area contributed by atoms with Crippen LogP contribution in [-0.2, 0) is 0 Å². The monoisotopic (exact) mass is 137 g/mol. The summed E-state index contributed by atoms with van der Waals surface area (Å²) in [6.07, 6.45) is 0. The van der Waals surface area contributed by atoms with Gasteiger partial charge in [0.25, 0.3) is 0 Å². The molecule has 0 aromatic heterocycles. The van der Waals surface area contributed by atoms with Gasteiger partial charge in [-0.05, 0) is 31.3 Å². The van der Waals surface area contributed by atoms with Crippen molar-refractivity contribution in [2.24, 2.45) is 4.99 Å². The third kappa shape index (κ3) is 1.21. The molecule has 0 unspecified atom stereocenters. The molecule has 0 heterocycles. The predicted octanol–water partition coefficient (Wildman–Crippen LogP) is 2.47. The second kappa shape index (κ2) is 2.60. The fourth-order valence-electron chi connectivity index (χ4n) is 0.740. The Bertz CT molecular complexity index is 255. The van der Waals surface area contributed by atoms with Crippen molar-refractivity contribution in [1.29, 1.82) is 0 Å². The van der Waals surface area contributed by atoms with E-state index in [9.17, 15) is 4.39 Å². The third-order valence-corrected chi connectivity index (χ3v) is 1.27. The zero-order chi connectivity index (χ0) is 7.56. The Kier molecular flexibility index (Phi) is 1.81. The maximum absolute atomic E-state index is 12.7. The van der Waals surface area contributed by atoms with E-state index in [0.717, 1.165) is 5.56 Å². The van der Waals surface area contributed by atoms with Gasteiger partial charge in [0, 0.05) is 0 Å². The molecule has 1 aromatic rings. The Hall–Kier alpha value is -1.18. The minimum Gasteiger partial charge on any atom is -0.262 e. The molecule has 0 saturated heterocycles. The van der Waals surface area contributed by atoms with Gasteiger partial charge in [-0.2, -0.15) is 0 Å². The Morgan fingerprint density at radius 1 is 1.50 bits per heavy atom. The molecule has 0 N–H and O–H groups in total. The van der Waals surface area contributed by atoms with Crippen molar-refractivity contribution in [3.8, 4) is 0 Å². The summed E-state index contributed by atoms with van der Waals surface area (Å²) in [4.78, 5) is 3.49. The molecule has 0 saturated carbocycles. The van der Waals surface area contributed by atoms with Crippen molar-refractivity contribution in [2.75, 3.05) is 0 Å². The number of aliphatic imine (C=N–C) groups is 1. The van der Waals surface area contributed by atoms with Crippen molar-refractivity contribution >= 4 is 12.4 Å². The molecular formula is C8H8FN. The Morgan fingerprint density at radius 2 is 2.20 bits per heavy atom. The summed E-state index contributed by atoms with van der Waals surface area (Å²) in [5, 5.41) is 0. The van der Waals surface area contributed by atoms with Gasteiger partial charge in [-0.3, -0.25) is 4.99 Å². The smallest absolute Gasteiger partial charge is 0.149 e. The van der Waals surface area contributed by atoms with Crippen LogP contribution in [0, 0.1) is 12.7 Å². The average Bonchev–Trinajstić information content (AvgIpc) is 1.88. The summed E-state index contributed by atoms with van der Waals surface area (Å²) in [5.74, 6) is -0.310. The van der Waals surface area contributed by atoms with E-state index in [-0.39, 0.29) is 5.82 Å². The van der Waals surface area contributed by atoms with E-state index in [1.165, 1.54) is 6.07 Å². The van der Waals surface area contributed by atoms with E-state index in [1.54, 1.807) is 12.1 Å². The minimum absolute atomic E-state index is 0.310. The molecule has 0 aliphatic carbocycles. The highest BCUT2D eigenvalue weighted by molar-refractivity contribution is 5.47. The van der Waals surface area contributed by atoms with Gasteiger partial charge in [0.15, 0.2) is 0 Å². The number of aryl methyl sites for hydroxylation is 1. The van der Waals surface area contributed by atoms with Crippen LogP contribution in [0.1, 0.15) is 5.56 Å². The van der Waals surface area contributed by atoms with Crippen molar-refractivity contribution in [2.45, 2.75) is 6.92 Å². The molecule has 2 heteroatoms. The maximum Gasteiger partial charge on any atom is 0.149 e. The summed E-state index contributed by atoms with van der Waals surface area (Å²) < 4.78 is 12.7. The normalized spacial score (nSPS) is 9.40. The first kappa shape index (κ1) is 6.93. The number of halogens is 1. The minimum atomic E-state index is -0.310. The van der Waals surface area contributed by atoms with Crippen molar-refractivity contribution in [1.82, 2.24) is 0 Å². The van der Waals surface area contributed by atoms with Gasteiger partial charge in [-0.25, -0.2) is 4.39 Å². The number of hydrogen-bond acceptors (Lipinski definition) is 1. The third-order valence-electron chi connectivity index (χ3n) is 1.27. The highest BCUT2D eigenvalue weighted by atomic mass is 19.1. The van der Waals surface area contributed by atoms with E-state index >= 15 is 0 Å². The topological polar surface area (TPSA) is 12.4 Å². The Labute approximate surface area is 59.2 Å². The summed E-state index contributed by atoms with van der Waals surface area (Å²) in [5.41, 5.74) is 1.20. The lowest BCUT2D eigenvalue weighted by molar-refractivity contribution is 0.629. The van der Waals surface area contributed by atoms with E-state index in [1.807, 2.05) is 6.92 Å². The highest BCUT2D eigenvalue weighted by Crippen LogP contribution is 2.16. The van der Waals surface area contributed by atoms with Gasteiger partial charge in [0.2, 0.25) is 0 Å². The van der Waals surface area contributed by atoms with Crippen LogP contribution >= 0.6 is 0 Å². The second-order valence-corrected chi connectivity index (χ2v) is 2.11. The molecule has 0 bridgehead atoms. The van der Waals surface area contributed by atoms with Crippen LogP contribution < -0.4 is 0 Å². The molecule has 0 amide bonds. The number of benzene rings is 1. The molecular weight excluding hydrogens is 129 g/mol. The summed E-state index contributed by atoms with van der Waals surface area (Å²) >= 11 is 0. The van der Waals surface area contributed by atoms with Gasteiger partial charge >= 0.3 is 0 Å². The number of nitrogens with zero attached hydrogens (tertiary/aromatic N) is 1. The van der Waals surface area contributed by atoms with Crippen LogP contribution in [0.25, 0.3) is 0 Å². The van der Waals surface area contributed by atoms with Crippen LogP contribution in [0.2, 0.25) is 0 Å². The molecule has 1 nitrogen and oxygen atoms in total. The van der Waals surface area contributed by atoms with Crippen molar-refractivity contribution in [3.63, 3.8) is 0 Å². The SMILES string of the molecule is C=Nc1ccc(C)cc1F. The van der Waals surface area contributed by atoms with Gasteiger partial charge in [0.05, 0.1) is 5.69 Å². The summed E-state index contributed by atoms with van der Waals surface area (Å²) in [6.45, 7) is 5.06. The van der Waals surface area contributed by atoms with Gasteiger partial charge in [0.1, 0.15) is 5.82 Å². The summed E-state index contributed by atoms with van der Waals surface area (Å²) in [7, 11) is 0. The van der Waals surface area contributed by atoms with Crippen LogP contribution in [0.15, 0.2) is 23.2 Å². The van der Waals surface area contributed by atoms with E-state index in [2.05, 4.69) is 11.7 Å². The van der Waals surface area contributed by atoms with Gasteiger partial charge in [-0.1, -0.05) is 6.07 Å². The molecule has 0 fully saturated rings. The van der Waals surface area contributed by atoms with Crippen LogP contribution in [-0.4, -0.2) is 6.72 Å². The standard InChI is InChI=1S/C8H8FN/c1-6-3-4-8(10-2)7(9)5-6/h3-5H,2H2,1H3. The first-order valence-electron chi connectivity index (χ1n) is 2.97. The lowest BCUT2D eigenvalue weighted by atomic mass is 10.2. The quantitative estimate of drug-likeness (QED) is 0.527. The molecule has 0 spiro atoms. The lowest BCUT2D eigenvalue weighted by Gasteiger charge is -1.95. The van der Waals surface area contributed by atoms with Crippen LogP contribution in [0.5, 0.6) is 0 Å². The fraction of sp³-hybridized carbons (Fsp3) is 0.125. The maximum atomic E-state index is 12.7. The molecule has 10 heavy (non-hydrogen) atoms. The lowest BCUT2D eigenvalue weighted by Crippen LogP contribution is -1.76. The molecule has 1 rings (SSSR count). The van der Waals surface area contributed by atoms with Crippen molar-refractivity contribution < 1.29 is 4.39 Å². The zero-order valence-corrected chi connectivity index (χ0v) is 5.76. The summed E-state index contributed by atoms with van der Waals surface area (Å²) in [6, 6.07) is 4.84. The molecule has 0 aliphatic heterocycles. The van der Waals surface area contributed by atoms with Crippen LogP contribution in [0.4, 0.5) is 10.1 Å². The van der Waals surface area contributed by atoms with Crippen molar-refractivity contribution in [3.05, 3.63) is 29.6 Å². The molecule has 0 radical (unpaired) electrons. The second-order valence-electron chi connectivity index (χ2n) is 2.11. The average molecular weight is 137 g/mol. The number of hydrogen-bond donors (Lipinski definition) is 0. The van der Waals surface area contributed by atoms with E-state index in [0.29, 0.717) is 5.69 Å². The van der Waals surface area contributed by atoms with E-state index < -0.39 is 0 Å². The largest absolute Gasteiger partial charge is 0.262 e. The first-order chi connectivity index (χ1) is 4.74. The fourth-order valence-corrected chi connectivity index (χ4v) is 0.740. The van der Waals surface area contributed by atoms with E-state index in [4.69, 9.17) is 0 Å². The predicted molar refractivity (Wildman–Crippen MR) is 40.3 cm³/mol. The molecule has 1 aromatic carbocycles. The van der Waals surface area contributed by atoms with Gasteiger partial charge in [-0.15, -0.1) is 0 Å². The van der Waals surface area contributed by atoms with Crippen LogP contribution in [0.3, 0.4) is 0 Å². The first-order valence-corrected chi connectivity index (χ1v) is 2.97. The Balaban J connectivity index is 3.19. The van der Waals surface area contributed by atoms with Gasteiger partial charge < -0.3 is 0 Å². The zero-order valence-electron chi connectivity index (χ0n) is 5.76. The molecule has 52 valence electrons. The highest BCUT2D eigenvalue weighted by Gasteiger charge is 1.96.